The number of rotatable bonds is 7. The zero-order chi connectivity index (χ0) is 21.4. The van der Waals surface area contributed by atoms with Crippen LogP contribution in [0.3, 0.4) is 0 Å². The van der Waals surface area contributed by atoms with Crippen LogP contribution in [0.5, 0.6) is 0 Å². The summed E-state index contributed by atoms with van der Waals surface area (Å²) in [7, 11) is 4.12. The first-order valence-corrected chi connectivity index (χ1v) is 10.5. The second-order valence-electron chi connectivity index (χ2n) is 8.51. The summed E-state index contributed by atoms with van der Waals surface area (Å²) in [5.74, 6) is -0.189. The van der Waals surface area contributed by atoms with Gasteiger partial charge in [0.25, 0.3) is 5.56 Å². The van der Waals surface area contributed by atoms with E-state index in [2.05, 4.69) is 24.0 Å². The van der Waals surface area contributed by atoms with E-state index in [1.807, 2.05) is 31.2 Å². The van der Waals surface area contributed by atoms with Gasteiger partial charge >= 0.3 is 0 Å². The van der Waals surface area contributed by atoms with Gasteiger partial charge in [-0.3, -0.25) is 14.2 Å². The molecule has 0 spiro atoms. The van der Waals surface area contributed by atoms with Crippen molar-refractivity contribution >= 4 is 16.8 Å². The molecule has 1 saturated carbocycles. The lowest BCUT2D eigenvalue weighted by Crippen LogP contribution is -2.23. The third-order valence-electron chi connectivity index (χ3n) is 5.80. The van der Waals surface area contributed by atoms with E-state index in [9.17, 15) is 9.59 Å². The summed E-state index contributed by atoms with van der Waals surface area (Å²) in [4.78, 5) is 32.2. The molecule has 1 aliphatic rings. The Morgan fingerprint density at radius 1 is 1.23 bits per heavy atom. The van der Waals surface area contributed by atoms with Gasteiger partial charge in [0.1, 0.15) is 6.33 Å². The van der Waals surface area contributed by atoms with E-state index in [-0.39, 0.29) is 11.5 Å². The van der Waals surface area contributed by atoms with Crippen molar-refractivity contribution in [2.75, 3.05) is 20.6 Å². The molecule has 0 atom stereocenters. The van der Waals surface area contributed by atoms with E-state index in [0.29, 0.717) is 16.5 Å². The Hall–Kier alpha value is -2.99. The third-order valence-corrected chi connectivity index (χ3v) is 5.80. The Labute approximate surface area is 176 Å². The minimum absolute atomic E-state index is 0.110. The highest BCUT2D eigenvalue weighted by Gasteiger charge is 2.32. The van der Waals surface area contributed by atoms with Crippen LogP contribution in [0, 0.1) is 6.92 Å². The highest BCUT2D eigenvalue weighted by atomic mass is 16.1. The van der Waals surface area contributed by atoms with E-state index in [0.717, 1.165) is 54.6 Å². The molecule has 1 aromatic heterocycles. The Kier molecular flexibility index (Phi) is 5.43. The molecule has 0 aliphatic heterocycles. The summed E-state index contributed by atoms with van der Waals surface area (Å²) >= 11 is 0. The fraction of sp³-hybridized carbons (Fsp3) is 0.375. The van der Waals surface area contributed by atoms with E-state index >= 15 is 0 Å². The maximum absolute atomic E-state index is 13.5. The fourth-order valence-corrected chi connectivity index (χ4v) is 4.12. The molecule has 156 valence electrons. The first-order valence-electron chi connectivity index (χ1n) is 10.5. The average molecular weight is 405 g/mol. The summed E-state index contributed by atoms with van der Waals surface area (Å²) in [5, 5.41) is 0.602. The lowest BCUT2D eigenvalue weighted by atomic mass is 9.96. The summed E-state index contributed by atoms with van der Waals surface area (Å²) in [5.41, 5.74) is 10.4. The number of hydrogen-bond donors (Lipinski definition) is 1. The minimum atomic E-state index is -0.455. The largest absolute Gasteiger partial charge is 0.366 e. The molecule has 4 rings (SSSR count). The molecule has 3 aromatic rings. The zero-order valence-corrected chi connectivity index (χ0v) is 17.8. The maximum atomic E-state index is 13.5. The lowest BCUT2D eigenvalue weighted by Gasteiger charge is -2.17. The van der Waals surface area contributed by atoms with Crippen molar-refractivity contribution in [3.8, 4) is 5.69 Å². The van der Waals surface area contributed by atoms with Gasteiger partial charge in [-0.05, 0) is 94.1 Å². The Morgan fingerprint density at radius 2 is 2.00 bits per heavy atom. The van der Waals surface area contributed by atoms with Crippen LogP contribution in [0.25, 0.3) is 16.6 Å². The maximum Gasteiger partial charge on any atom is 0.265 e. The molecule has 0 radical (unpaired) electrons. The van der Waals surface area contributed by atoms with Crippen LogP contribution in [-0.4, -0.2) is 41.0 Å². The second kappa shape index (κ2) is 8.03. The van der Waals surface area contributed by atoms with Crippen molar-refractivity contribution < 1.29 is 4.79 Å². The molecule has 6 heteroatoms. The van der Waals surface area contributed by atoms with Gasteiger partial charge in [-0.15, -0.1) is 0 Å². The predicted octanol–water partition coefficient (Wildman–Crippen LogP) is 3.16. The van der Waals surface area contributed by atoms with E-state index in [1.54, 1.807) is 17.0 Å². The Morgan fingerprint density at radius 3 is 2.67 bits per heavy atom. The molecule has 0 saturated heterocycles. The van der Waals surface area contributed by atoms with Gasteiger partial charge in [-0.25, -0.2) is 4.98 Å². The topological polar surface area (TPSA) is 81.2 Å². The van der Waals surface area contributed by atoms with Gasteiger partial charge in [0.2, 0.25) is 5.91 Å². The van der Waals surface area contributed by atoms with Crippen LogP contribution in [0.15, 0.2) is 41.5 Å². The van der Waals surface area contributed by atoms with Crippen LogP contribution < -0.4 is 11.3 Å². The number of fused-ring (bicyclic) bond motifs is 1. The number of aromatic nitrogens is 2. The Bertz CT molecular complexity index is 1180. The molecule has 1 fully saturated rings. The van der Waals surface area contributed by atoms with Crippen molar-refractivity contribution in [1.82, 2.24) is 14.5 Å². The first-order chi connectivity index (χ1) is 14.4. The predicted molar refractivity (Wildman–Crippen MR) is 119 cm³/mol. The molecular formula is C24H28N4O2. The van der Waals surface area contributed by atoms with Gasteiger partial charge < -0.3 is 10.6 Å². The van der Waals surface area contributed by atoms with E-state index < -0.39 is 5.91 Å². The smallest absolute Gasteiger partial charge is 0.265 e. The molecule has 30 heavy (non-hydrogen) atoms. The van der Waals surface area contributed by atoms with Crippen molar-refractivity contribution in [3.63, 3.8) is 0 Å². The number of aryl methyl sites for hydroxylation is 2. The normalized spacial score (nSPS) is 13.9. The van der Waals surface area contributed by atoms with E-state index in [4.69, 9.17) is 5.73 Å². The molecule has 0 bridgehead atoms. The number of primary amides is 1. The summed E-state index contributed by atoms with van der Waals surface area (Å²) in [6.07, 6.45) is 5.52. The van der Waals surface area contributed by atoms with Crippen LogP contribution >= 0.6 is 0 Å². The summed E-state index contributed by atoms with van der Waals surface area (Å²) in [6, 6.07) is 9.55. The first kappa shape index (κ1) is 20.3. The van der Waals surface area contributed by atoms with Crippen molar-refractivity contribution in [2.24, 2.45) is 5.73 Å². The quantitative estimate of drug-likeness (QED) is 0.656. The average Bonchev–Trinajstić information content (AvgIpc) is 3.53. The van der Waals surface area contributed by atoms with Gasteiger partial charge in [0.15, 0.2) is 0 Å². The SMILES string of the molecule is Cc1ccc(C(N)=O)c(C2CC2)c1-n1cnc2ccc(CCCN(C)C)cc2c1=O. The van der Waals surface area contributed by atoms with Crippen molar-refractivity contribution in [1.29, 1.82) is 0 Å². The molecule has 2 aromatic carbocycles. The monoisotopic (exact) mass is 404 g/mol. The zero-order valence-electron chi connectivity index (χ0n) is 17.8. The van der Waals surface area contributed by atoms with Crippen LogP contribution in [0.4, 0.5) is 0 Å². The number of carbonyl (C=O) groups is 1. The van der Waals surface area contributed by atoms with Crippen LogP contribution in [0.2, 0.25) is 0 Å². The minimum Gasteiger partial charge on any atom is -0.366 e. The standard InChI is InChI=1S/C24H28N4O2/c1-15-6-10-18(23(25)29)21(17-8-9-17)22(15)28-14-26-20-11-7-16(5-4-12-27(2)3)13-19(20)24(28)30/h6-7,10-11,13-14,17H,4-5,8-9,12H2,1-3H3,(H2,25,29). The number of amides is 1. The van der Waals surface area contributed by atoms with Gasteiger partial charge in [0.05, 0.1) is 16.6 Å². The molecule has 6 nitrogen and oxygen atoms in total. The van der Waals surface area contributed by atoms with Gasteiger partial charge in [-0.2, -0.15) is 0 Å². The lowest BCUT2D eigenvalue weighted by molar-refractivity contribution is 0.0999. The van der Waals surface area contributed by atoms with Gasteiger partial charge in [0, 0.05) is 5.56 Å². The van der Waals surface area contributed by atoms with Crippen LogP contribution in [0.1, 0.15) is 52.2 Å². The molecular weight excluding hydrogens is 376 g/mol. The molecule has 0 unspecified atom stereocenters. The number of hydrogen-bond acceptors (Lipinski definition) is 4. The number of benzene rings is 2. The van der Waals surface area contributed by atoms with Gasteiger partial charge in [-0.1, -0.05) is 12.1 Å². The molecule has 2 N–H and O–H groups in total. The van der Waals surface area contributed by atoms with Crippen molar-refractivity contribution in [2.45, 2.75) is 38.5 Å². The molecule has 1 amide bonds. The number of carbonyl (C=O) groups excluding carboxylic acids is 1. The molecule has 1 aliphatic carbocycles. The summed E-state index contributed by atoms with van der Waals surface area (Å²) < 4.78 is 1.60. The van der Waals surface area contributed by atoms with Crippen molar-refractivity contribution in [3.05, 3.63) is 69.3 Å². The number of nitrogens with zero attached hydrogens (tertiary/aromatic N) is 3. The van der Waals surface area contributed by atoms with Crippen LogP contribution in [-0.2, 0) is 6.42 Å². The fourth-order valence-electron chi connectivity index (χ4n) is 4.12. The Balaban J connectivity index is 1.84. The van der Waals surface area contributed by atoms with E-state index in [1.165, 1.54) is 0 Å². The summed E-state index contributed by atoms with van der Waals surface area (Å²) in [6.45, 7) is 2.96. The number of nitrogens with two attached hydrogens (primary N) is 1. The third kappa shape index (κ3) is 3.87. The highest BCUT2D eigenvalue weighted by molar-refractivity contribution is 5.96. The highest BCUT2D eigenvalue weighted by Crippen LogP contribution is 2.45. The molecule has 1 heterocycles. The second-order valence-corrected chi connectivity index (χ2v) is 8.51.